The van der Waals surface area contributed by atoms with Crippen molar-refractivity contribution < 1.29 is 0 Å². The van der Waals surface area contributed by atoms with Crippen molar-refractivity contribution in [2.75, 3.05) is 0 Å². The maximum atomic E-state index is 6.69. The van der Waals surface area contributed by atoms with E-state index in [1.54, 1.807) is 6.20 Å². The second-order valence-corrected chi connectivity index (χ2v) is 7.11. The zero-order valence-corrected chi connectivity index (χ0v) is 12.8. The smallest absolute Gasteiger partial charge is 0.0650 e. The molecular formula is C18H24N4. The summed E-state index contributed by atoms with van der Waals surface area (Å²) in [5, 5.41) is 7.01. The van der Waals surface area contributed by atoms with Crippen LogP contribution in [0.15, 0.2) is 36.5 Å². The second-order valence-electron chi connectivity index (χ2n) is 7.11. The molecule has 2 fully saturated rings. The van der Waals surface area contributed by atoms with Crippen LogP contribution >= 0.6 is 0 Å². The lowest BCUT2D eigenvalue weighted by Crippen LogP contribution is -2.48. The lowest BCUT2D eigenvalue weighted by Gasteiger charge is -2.36. The highest BCUT2D eigenvalue weighted by atomic mass is 15.1. The molecule has 0 amide bonds. The van der Waals surface area contributed by atoms with Crippen molar-refractivity contribution in [3.63, 3.8) is 0 Å². The summed E-state index contributed by atoms with van der Waals surface area (Å²) in [7, 11) is 0. The van der Waals surface area contributed by atoms with Gasteiger partial charge in [0.05, 0.1) is 5.69 Å². The first-order chi connectivity index (χ1) is 10.7. The van der Waals surface area contributed by atoms with Gasteiger partial charge in [-0.25, -0.2) is 0 Å². The van der Waals surface area contributed by atoms with Crippen molar-refractivity contribution in [1.29, 1.82) is 0 Å². The van der Waals surface area contributed by atoms with Crippen molar-refractivity contribution in [3.05, 3.63) is 42.1 Å². The van der Waals surface area contributed by atoms with Crippen molar-refractivity contribution in [1.82, 2.24) is 10.2 Å². The summed E-state index contributed by atoms with van der Waals surface area (Å²) in [6, 6.07) is 11.2. The fourth-order valence-corrected chi connectivity index (χ4v) is 4.07. The van der Waals surface area contributed by atoms with E-state index < -0.39 is 0 Å². The van der Waals surface area contributed by atoms with Crippen LogP contribution in [0.4, 0.5) is 0 Å². The summed E-state index contributed by atoms with van der Waals surface area (Å²) >= 11 is 0. The van der Waals surface area contributed by atoms with E-state index in [1.807, 2.05) is 6.07 Å². The average molecular weight is 296 g/mol. The van der Waals surface area contributed by atoms with Gasteiger partial charge in [0.2, 0.25) is 0 Å². The van der Waals surface area contributed by atoms with Gasteiger partial charge in [-0.3, -0.25) is 5.10 Å². The molecule has 1 heterocycles. The number of hydrogen-bond donors (Lipinski definition) is 3. The molecule has 4 nitrogen and oxygen atoms in total. The number of nitrogens with zero attached hydrogens (tertiary/aromatic N) is 1. The third-order valence-electron chi connectivity index (χ3n) is 5.64. The second kappa shape index (κ2) is 5.21. The van der Waals surface area contributed by atoms with Crippen molar-refractivity contribution in [2.24, 2.45) is 17.4 Å². The van der Waals surface area contributed by atoms with Gasteiger partial charge in [0.15, 0.2) is 0 Å². The Morgan fingerprint density at radius 1 is 1.09 bits per heavy atom. The molecule has 0 spiro atoms. The van der Waals surface area contributed by atoms with Gasteiger partial charge in [0, 0.05) is 17.8 Å². The fourth-order valence-electron chi connectivity index (χ4n) is 4.07. The number of benzene rings is 1. The zero-order chi connectivity index (χ0) is 15.2. The monoisotopic (exact) mass is 296 g/mol. The maximum absolute atomic E-state index is 6.69. The predicted octanol–water partition coefficient (Wildman–Crippen LogP) is 2.78. The number of hydrogen-bond acceptors (Lipinski definition) is 3. The standard InChI is InChI=1S/C18H24N4/c19-14-5-8-18(20,9-6-14)16-11-15(16)12-1-3-13(4-2-12)17-7-10-21-22-17/h1-4,7,10,14-16H,5-6,8-9,11,19-20H2,(H,21,22)/t14?,15-,16-,18?/m1/s1. The summed E-state index contributed by atoms with van der Waals surface area (Å²) in [6.45, 7) is 0. The zero-order valence-electron chi connectivity index (χ0n) is 12.8. The molecule has 0 aliphatic heterocycles. The topological polar surface area (TPSA) is 80.7 Å². The quantitative estimate of drug-likeness (QED) is 0.814. The third-order valence-corrected chi connectivity index (χ3v) is 5.64. The molecule has 0 bridgehead atoms. The molecule has 4 heteroatoms. The van der Waals surface area contributed by atoms with E-state index in [4.69, 9.17) is 11.5 Å². The Hall–Kier alpha value is -1.65. The number of aromatic nitrogens is 2. The first-order valence-corrected chi connectivity index (χ1v) is 8.30. The van der Waals surface area contributed by atoms with Crippen LogP contribution in [0.25, 0.3) is 11.3 Å². The highest BCUT2D eigenvalue weighted by Gasteiger charge is 2.51. The van der Waals surface area contributed by atoms with Gasteiger partial charge in [0.1, 0.15) is 0 Å². The fraction of sp³-hybridized carbons (Fsp3) is 0.500. The van der Waals surface area contributed by atoms with E-state index in [-0.39, 0.29) is 5.54 Å². The number of aromatic amines is 1. The van der Waals surface area contributed by atoms with Gasteiger partial charge in [-0.2, -0.15) is 5.10 Å². The summed E-state index contributed by atoms with van der Waals surface area (Å²) in [4.78, 5) is 0. The molecule has 2 aliphatic carbocycles. The summed E-state index contributed by atoms with van der Waals surface area (Å²) in [5.74, 6) is 1.27. The lowest BCUT2D eigenvalue weighted by atomic mass is 9.76. The van der Waals surface area contributed by atoms with E-state index in [2.05, 4.69) is 34.5 Å². The molecule has 22 heavy (non-hydrogen) atoms. The number of nitrogens with one attached hydrogen (secondary N) is 1. The Morgan fingerprint density at radius 2 is 1.82 bits per heavy atom. The van der Waals surface area contributed by atoms with Crippen LogP contribution in [0.3, 0.4) is 0 Å². The van der Waals surface area contributed by atoms with Crippen LogP contribution in [0.2, 0.25) is 0 Å². The SMILES string of the molecule is NC1CCC(N)([C@@H]2C[C@@H]2c2ccc(-c3ccn[nH]3)cc2)CC1. The van der Waals surface area contributed by atoms with Crippen molar-refractivity contribution >= 4 is 0 Å². The number of nitrogens with two attached hydrogens (primary N) is 2. The Kier molecular flexibility index (Phi) is 3.31. The molecule has 2 saturated carbocycles. The van der Waals surface area contributed by atoms with Gasteiger partial charge in [-0.15, -0.1) is 0 Å². The van der Waals surface area contributed by atoms with Gasteiger partial charge in [-0.1, -0.05) is 24.3 Å². The molecule has 1 aromatic heterocycles. The molecule has 4 rings (SSSR count). The normalized spacial score (nSPS) is 34.5. The van der Waals surface area contributed by atoms with Crippen LogP contribution in [0.5, 0.6) is 0 Å². The Labute approximate surface area is 131 Å². The molecule has 0 saturated heterocycles. The van der Waals surface area contributed by atoms with Crippen LogP contribution < -0.4 is 11.5 Å². The molecule has 1 aromatic carbocycles. The minimum Gasteiger partial charge on any atom is -0.328 e. The average Bonchev–Trinajstić information content (AvgIpc) is 3.18. The Balaban J connectivity index is 1.46. The third kappa shape index (κ3) is 2.46. The molecule has 5 N–H and O–H groups in total. The molecule has 116 valence electrons. The Bertz CT molecular complexity index is 624. The highest BCUT2D eigenvalue weighted by Crippen LogP contribution is 2.56. The highest BCUT2D eigenvalue weighted by molar-refractivity contribution is 5.59. The van der Waals surface area contributed by atoms with Gasteiger partial charge >= 0.3 is 0 Å². The largest absolute Gasteiger partial charge is 0.328 e. The van der Waals surface area contributed by atoms with E-state index in [9.17, 15) is 0 Å². The van der Waals surface area contributed by atoms with Gasteiger partial charge < -0.3 is 11.5 Å². The first kappa shape index (κ1) is 14.0. The van der Waals surface area contributed by atoms with E-state index in [0.717, 1.165) is 31.4 Å². The molecule has 2 aromatic rings. The van der Waals surface area contributed by atoms with Crippen molar-refractivity contribution in [2.45, 2.75) is 49.6 Å². The number of H-pyrrole nitrogens is 1. The van der Waals surface area contributed by atoms with Crippen LogP contribution in [-0.4, -0.2) is 21.8 Å². The first-order valence-electron chi connectivity index (χ1n) is 8.30. The summed E-state index contributed by atoms with van der Waals surface area (Å²) < 4.78 is 0. The van der Waals surface area contributed by atoms with E-state index in [0.29, 0.717) is 17.9 Å². The molecule has 2 atom stereocenters. The number of rotatable bonds is 3. The summed E-state index contributed by atoms with van der Waals surface area (Å²) in [6.07, 6.45) is 7.35. The summed E-state index contributed by atoms with van der Waals surface area (Å²) in [5.41, 5.74) is 16.4. The molecular weight excluding hydrogens is 272 g/mol. The maximum Gasteiger partial charge on any atom is 0.0650 e. The molecule has 2 aliphatic rings. The molecule has 0 radical (unpaired) electrons. The van der Waals surface area contributed by atoms with Gasteiger partial charge in [-0.05, 0) is 61.1 Å². The van der Waals surface area contributed by atoms with Crippen LogP contribution in [-0.2, 0) is 0 Å². The van der Waals surface area contributed by atoms with Crippen molar-refractivity contribution in [3.8, 4) is 11.3 Å². The molecule has 0 unspecified atom stereocenters. The van der Waals surface area contributed by atoms with Crippen LogP contribution in [0.1, 0.15) is 43.6 Å². The van der Waals surface area contributed by atoms with E-state index in [1.165, 1.54) is 17.5 Å². The van der Waals surface area contributed by atoms with Crippen LogP contribution in [0, 0.1) is 5.92 Å². The van der Waals surface area contributed by atoms with E-state index >= 15 is 0 Å². The lowest BCUT2D eigenvalue weighted by molar-refractivity contribution is 0.239. The minimum atomic E-state index is 0.0165. The Morgan fingerprint density at radius 3 is 2.45 bits per heavy atom. The van der Waals surface area contributed by atoms with Gasteiger partial charge in [0.25, 0.3) is 0 Å². The minimum absolute atomic E-state index is 0.0165. The predicted molar refractivity (Wildman–Crippen MR) is 88.2 cm³/mol.